The van der Waals surface area contributed by atoms with Crippen molar-refractivity contribution >= 4 is 5.91 Å². The summed E-state index contributed by atoms with van der Waals surface area (Å²) in [6.07, 6.45) is 2.36. The van der Waals surface area contributed by atoms with E-state index in [9.17, 15) is 4.79 Å². The molecule has 2 N–H and O–H groups in total. The maximum atomic E-state index is 11.1. The van der Waals surface area contributed by atoms with Crippen LogP contribution in [0, 0.1) is 11.8 Å². The molecule has 0 aromatic carbocycles. The van der Waals surface area contributed by atoms with Gasteiger partial charge >= 0.3 is 0 Å². The molecular formula is C10H20N2O. The lowest BCUT2D eigenvalue weighted by Gasteiger charge is -2.26. The monoisotopic (exact) mass is 184 g/mol. The highest BCUT2D eigenvalue weighted by Crippen LogP contribution is 2.09. The van der Waals surface area contributed by atoms with Gasteiger partial charge < -0.3 is 10.6 Å². The Bertz CT molecular complexity index is 164. The van der Waals surface area contributed by atoms with Gasteiger partial charge in [-0.2, -0.15) is 0 Å². The maximum Gasteiger partial charge on any atom is 0.222 e. The number of carbonyl (C=O) groups is 1. The number of rotatable bonds is 5. The summed E-state index contributed by atoms with van der Waals surface area (Å²) >= 11 is 0. The molecule has 1 rings (SSSR count). The summed E-state index contributed by atoms with van der Waals surface area (Å²) in [5, 5.41) is 6.17. The molecule has 3 nitrogen and oxygen atoms in total. The van der Waals surface area contributed by atoms with E-state index in [2.05, 4.69) is 10.6 Å². The first kappa shape index (κ1) is 10.5. The van der Waals surface area contributed by atoms with Crippen molar-refractivity contribution in [2.45, 2.75) is 26.7 Å². The van der Waals surface area contributed by atoms with Crippen LogP contribution in [0.25, 0.3) is 0 Å². The molecule has 0 aliphatic carbocycles. The van der Waals surface area contributed by atoms with Crippen molar-refractivity contribution in [2.75, 3.05) is 19.6 Å². The van der Waals surface area contributed by atoms with Crippen LogP contribution in [0.15, 0.2) is 0 Å². The zero-order chi connectivity index (χ0) is 9.68. The Labute approximate surface area is 80.3 Å². The zero-order valence-corrected chi connectivity index (χ0v) is 8.60. The third-order valence-electron chi connectivity index (χ3n) is 2.48. The highest BCUT2D eigenvalue weighted by molar-refractivity contribution is 5.77. The fourth-order valence-electron chi connectivity index (χ4n) is 1.36. The first-order valence-corrected chi connectivity index (χ1v) is 5.18. The van der Waals surface area contributed by atoms with Crippen LogP contribution < -0.4 is 10.6 Å². The summed E-state index contributed by atoms with van der Waals surface area (Å²) < 4.78 is 0. The zero-order valence-electron chi connectivity index (χ0n) is 8.60. The molecule has 1 aliphatic heterocycles. The molecule has 76 valence electrons. The molecule has 0 saturated carbocycles. The molecule has 0 unspecified atom stereocenters. The molecule has 0 aromatic rings. The van der Waals surface area contributed by atoms with Crippen LogP contribution in [0.4, 0.5) is 0 Å². The second-order valence-electron chi connectivity index (χ2n) is 4.11. The SMILES string of the molecule is CC(C)C(=O)NCCCC1CNC1. The van der Waals surface area contributed by atoms with Crippen LogP contribution >= 0.6 is 0 Å². The van der Waals surface area contributed by atoms with Gasteiger partial charge in [-0.05, 0) is 31.8 Å². The van der Waals surface area contributed by atoms with E-state index in [1.807, 2.05) is 13.8 Å². The molecule has 0 bridgehead atoms. The minimum absolute atomic E-state index is 0.116. The summed E-state index contributed by atoms with van der Waals surface area (Å²) in [6, 6.07) is 0. The largest absolute Gasteiger partial charge is 0.356 e. The first-order chi connectivity index (χ1) is 6.20. The summed E-state index contributed by atoms with van der Waals surface area (Å²) in [5.41, 5.74) is 0. The van der Waals surface area contributed by atoms with Crippen molar-refractivity contribution in [1.82, 2.24) is 10.6 Å². The minimum Gasteiger partial charge on any atom is -0.356 e. The van der Waals surface area contributed by atoms with E-state index in [1.54, 1.807) is 0 Å². The van der Waals surface area contributed by atoms with Gasteiger partial charge in [0.15, 0.2) is 0 Å². The van der Waals surface area contributed by atoms with Gasteiger partial charge in [0.05, 0.1) is 0 Å². The Kier molecular flexibility index (Phi) is 4.22. The van der Waals surface area contributed by atoms with E-state index < -0.39 is 0 Å². The molecular weight excluding hydrogens is 164 g/mol. The van der Waals surface area contributed by atoms with Crippen LogP contribution in [0.3, 0.4) is 0 Å². The molecule has 1 heterocycles. The average Bonchev–Trinajstić information content (AvgIpc) is 2.00. The van der Waals surface area contributed by atoms with Crippen molar-refractivity contribution in [3.8, 4) is 0 Å². The van der Waals surface area contributed by atoms with Crippen molar-refractivity contribution in [3.05, 3.63) is 0 Å². The Hall–Kier alpha value is -0.570. The number of nitrogens with one attached hydrogen (secondary N) is 2. The summed E-state index contributed by atoms with van der Waals surface area (Å²) in [6.45, 7) is 7.01. The summed E-state index contributed by atoms with van der Waals surface area (Å²) in [5.74, 6) is 1.15. The van der Waals surface area contributed by atoms with Gasteiger partial charge in [0.1, 0.15) is 0 Å². The number of hydrogen-bond acceptors (Lipinski definition) is 2. The molecule has 1 fully saturated rings. The summed E-state index contributed by atoms with van der Waals surface area (Å²) in [7, 11) is 0. The number of carbonyl (C=O) groups excluding carboxylic acids is 1. The van der Waals surface area contributed by atoms with E-state index in [0.29, 0.717) is 0 Å². The van der Waals surface area contributed by atoms with Crippen molar-refractivity contribution in [3.63, 3.8) is 0 Å². The topological polar surface area (TPSA) is 41.1 Å². The van der Waals surface area contributed by atoms with Gasteiger partial charge in [-0.15, -0.1) is 0 Å². The normalized spacial score (nSPS) is 17.2. The first-order valence-electron chi connectivity index (χ1n) is 5.18. The maximum absolute atomic E-state index is 11.1. The van der Waals surface area contributed by atoms with Crippen molar-refractivity contribution in [1.29, 1.82) is 0 Å². The quantitative estimate of drug-likeness (QED) is 0.619. The van der Waals surface area contributed by atoms with E-state index in [0.717, 1.165) is 32.0 Å². The van der Waals surface area contributed by atoms with Crippen LogP contribution in [-0.2, 0) is 4.79 Å². The van der Waals surface area contributed by atoms with Crippen LogP contribution in [-0.4, -0.2) is 25.5 Å². The van der Waals surface area contributed by atoms with Gasteiger partial charge in [-0.1, -0.05) is 13.8 Å². The lowest BCUT2D eigenvalue weighted by molar-refractivity contribution is -0.123. The summed E-state index contributed by atoms with van der Waals surface area (Å²) in [4.78, 5) is 11.1. The van der Waals surface area contributed by atoms with Gasteiger partial charge in [0.2, 0.25) is 5.91 Å². The molecule has 3 heteroatoms. The van der Waals surface area contributed by atoms with E-state index >= 15 is 0 Å². The fraction of sp³-hybridized carbons (Fsp3) is 0.900. The van der Waals surface area contributed by atoms with Crippen LogP contribution in [0.2, 0.25) is 0 Å². The van der Waals surface area contributed by atoms with Crippen molar-refractivity contribution < 1.29 is 4.79 Å². The predicted molar refractivity (Wildman–Crippen MR) is 53.4 cm³/mol. The lowest BCUT2D eigenvalue weighted by atomic mass is 9.97. The average molecular weight is 184 g/mol. The van der Waals surface area contributed by atoms with Gasteiger partial charge in [-0.25, -0.2) is 0 Å². The Morgan fingerprint density at radius 2 is 2.23 bits per heavy atom. The molecule has 1 aliphatic rings. The minimum atomic E-state index is 0.116. The number of amides is 1. The standard InChI is InChI=1S/C10H20N2O/c1-8(2)10(13)12-5-3-4-9-6-11-7-9/h8-9,11H,3-7H2,1-2H3,(H,12,13). The lowest BCUT2D eigenvalue weighted by Crippen LogP contribution is -2.42. The third kappa shape index (κ3) is 3.77. The Morgan fingerprint density at radius 1 is 1.54 bits per heavy atom. The molecule has 1 amide bonds. The van der Waals surface area contributed by atoms with Gasteiger partial charge in [-0.3, -0.25) is 4.79 Å². The highest BCUT2D eigenvalue weighted by Gasteiger charge is 2.15. The molecule has 13 heavy (non-hydrogen) atoms. The van der Waals surface area contributed by atoms with E-state index in [-0.39, 0.29) is 11.8 Å². The third-order valence-corrected chi connectivity index (χ3v) is 2.48. The van der Waals surface area contributed by atoms with Crippen LogP contribution in [0.1, 0.15) is 26.7 Å². The van der Waals surface area contributed by atoms with Gasteiger partial charge in [0, 0.05) is 12.5 Å². The molecule has 0 radical (unpaired) electrons. The fourth-order valence-corrected chi connectivity index (χ4v) is 1.36. The van der Waals surface area contributed by atoms with Gasteiger partial charge in [0.25, 0.3) is 0 Å². The van der Waals surface area contributed by atoms with Crippen LogP contribution in [0.5, 0.6) is 0 Å². The highest BCUT2D eigenvalue weighted by atomic mass is 16.1. The van der Waals surface area contributed by atoms with E-state index in [1.165, 1.54) is 6.42 Å². The Morgan fingerprint density at radius 3 is 2.69 bits per heavy atom. The second-order valence-corrected chi connectivity index (χ2v) is 4.11. The molecule has 1 saturated heterocycles. The Balaban J connectivity index is 1.91. The smallest absolute Gasteiger partial charge is 0.222 e. The predicted octanol–water partition coefficient (Wildman–Crippen LogP) is 0.758. The van der Waals surface area contributed by atoms with E-state index in [4.69, 9.17) is 0 Å². The number of hydrogen-bond donors (Lipinski definition) is 2. The second kappa shape index (κ2) is 5.22. The molecule has 0 aromatic heterocycles. The molecule has 0 spiro atoms. The van der Waals surface area contributed by atoms with Crippen molar-refractivity contribution in [2.24, 2.45) is 11.8 Å². The molecule has 0 atom stereocenters.